The maximum Gasteiger partial charge on any atom is 0.304 e. The van der Waals surface area contributed by atoms with Gasteiger partial charge in [0, 0.05) is 5.92 Å². The summed E-state index contributed by atoms with van der Waals surface area (Å²) in [5.74, 6) is -2.46. The molecule has 0 saturated carbocycles. The molecule has 0 aliphatic carbocycles. The smallest absolute Gasteiger partial charge is 0.304 e. The SMILES string of the molecule is N#CC(c1ccc(F)cc1)C(CC(=O)O)c1ccccc1. The molecule has 21 heavy (non-hydrogen) atoms. The van der Waals surface area contributed by atoms with Gasteiger partial charge in [-0.05, 0) is 23.3 Å². The van der Waals surface area contributed by atoms with E-state index >= 15 is 0 Å². The minimum atomic E-state index is -0.966. The topological polar surface area (TPSA) is 61.1 Å². The van der Waals surface area contributed by atoms with E-state index in [0.29, 0.717) is 5.56 Å². The van der Waals surface area contributed by atoms with Crippen LogP contribution in [0.5, 0.6) is 0 Å². The van der Waals surface area contributed by atoms with Gasteiger partial charge in [0.05, 0.1) is 18.4 Å². The monoisotopic (exact) mass is 283 g/mol. The Morgan fingerprint density at radius 3 is 2.24 bits per heavy atom. The van der Waals surface area contributed by atoms with E-state index in [4.69, 9.17) is 5.11 Å². The van der Waals surface area contributed by atoms with Crippen molar-refractivity contribution in [2.75, 3.05) is 0 Å². The van der Waals surface area contributed by atoms with Gasteiger partial charge in [-0.2, -0.15) is 5.26 Å². The van der Waals surface area contributed by atoms with E-state index in [1.54, 1.807) is 0 Å². The van der Waals surface area contributed by atoms with Crippen molar-refractivity contribution >= 4 is 5.97 Å². The van der Waals surface area contributed by atoms with E-state index in [-0.39, 0.29) is 12.2 Å². The quantitative estimate of drug-likeness (QED) is 0.910. The molecule has 0 radical (unpaired) electrons. The summed E-state index contributed by atoms with van der Waals surface area (Å²) < 4.78 is 13.0. The molecule has 1 N–H and O–H groups in total. The van der Waals surface area contributed by atoms with Crippen molar-refractivity contribution in [3.8, 4) is 6.07 Å². The van der Waals surface area contributed by atoms with E-state index in [0.717, 1.165) is 5.56 Å². The number of halogens is 1. The minimum absolute atomic E-state index is 0.153. The molecule has 0 aromatic heterocycles. The number of carbonyl (C=O) groups is 1. The predicted molar refractivity (Wildman–Crippen MR) is 76.2 cm³/mol. The van der Waals surface area contributed by atoms with E-state index in [1.807, 2.05) is 30.3 Å². The van der Waals surface area contributed by atoms with E-state index < -0.39 is 17.8 Å². The lowest BCUT2D eigenvalue weighted by Crippen LogP contribution is -2.14. The summed E-state index contributed by atoms with van der Waals surface area (Å²) in [6, 6.07) is 16.8. The first kappa shape index (κ1) is 14.7. The summed E-state index contributed by atoms with van der Waals surface area (Å²) in [4.78, 5) is 11.1. The van der Waals surface area contributed by atoms with Gasteiger partial charge in [0.1, 0.15) is 5.82 Å². The lowest BCUT2D eigenvalue weighted by molar-refractivity contribution is -0.137. The molecule has 2 aromatic carbocycles. The molecule has 0 aliphatic heterocycles. The maximum absolute atomic E-state index is 13.0. The predicted octanol–water partition coefficient (Wildman–Crippen LogP) is 3.69. The zero-order valence-electron chi connectivity index (χ0n) is 11.2. The van der Waals surface area contributed by atoms with E-state index in [9.17, 15) is 14.4 Å². The summed E-state index contributed by atoms with van der Waals surface area (Å²) in [6.45, 7) is 0. The molecule has 3 nitrogen and oxygen atoms in total. The first-order valence-electron chi connectivity index (χ1n) is 6.53. The summed E-state index contributed by atoms with van der Waals surface area (Å²) >= 11 is 0. The Labute approximate surface area is 122 Å². The van der Waals surface area contributed by atoms with Gasteiger partial charge in [-0.15, -0.1) is 0 Å². The van der Waals surface area contributed by atoms with Gasteiger partial charge >= 0.3 is 5.97 Å². The van der Waals surface area contributed by atoms with Crippen LogP contribution in [0.25, 0.3) is 0 Å². The molecular weight excluding hydrogens is 269 g/mol. The summed E-state index contributed by atoms with van der Waals surface area (Å²) in [7, 11) is 0. The number of benzene rings is 2. The summed E-state index contributed by atoms with van der Waals surface area (Å²) in [5, 5.41) is 18.6. The molecule has 106 valence electrons. The third kappa shape index (κ3) is 3.67. The molecule has 0 fully saturated rings. The van der Waals surface area contributed by atoms with Crippen molar-refractivity contribution in [2.24, 2.45) is 0 Å². The molecule has 2 unspecified atom stereocenters. The maximum atomic E-state index is 13.0. The Morgan fingerprint density at radius 2 is 1.71 bits per heavy atom. The van der Waals surface area contributed by atoms with Crippen LogP contribution in [-0.4, -0.2) is 11.1 Å². The number of aliphatic carboxylic acids is 1. The van der Waals surface area contributed by atoms with Crippen LogP contribution in [0.2, 0.25) is 0 Å². The van der Waals surface area contributed by atoms with Crippen molar-refractivity contribution in [1.29, 1.82) is 5.26 Å². The molecule has 0 heterocycles. The third-order valence-electron chi connectivity index (χ3n) is 3.39. The Morgan fingerprint density at radius 1 is 1.10 bits per heavy atom. The third-order valence-corrected chi connectivity index (χ3v) is 3.39. The van der Waals surface area contributed by atoms with E-state index in [1.165, 1.54) is 24.3 Å². The van der Waals surface area contributed by atoms with Crippen LogP contribution < -0.4 is 0 Å². The number of carboxylic acids is 1. The number of hydrogen-bond acceptors (Lipinski definition) is 2. The lowest BCUT2D eigenvalue weighted by atomic mass is 9.80. The first-order chi connectivity index (χ1) is 10.1. The second-order valence-electron chi connectivity index (χ2n) is 4.77. The zero-order valence-corrected chi connectivity index (χ0v) is 11.2. The van der Waals surface area contributed by atoms with Gasteiger partial charge in [0.2, 0.25) is 0 Å². The highest BCUT2D eigenvalue weighted by Crippen LogP contribution is 2.35. The number of rotatable bonds is 5. The van der Waals surface area contributed by atoms with Crippen LogP contribution in [0, 0.1) is 17.1 Å². The Kier molecular flexibility index (Phi) is 4.68. The van der Waals surface area contributed by atoms with Gasteiger partial charge < -0.3 is 5.11 Å². The highest BCUT2D eigenvalue weighted by molar-refractivity contribution is 5.68. The second-order valence-corrected chi connectivity index (χ2v) is 4.77. The van der Waals surface area contributed by atoms with Crippen LogP contribution in [0.1, 0.15) is 29.4 Å². The molecule has 0 amide bonds. The first-order valence-corrected chi connectivity index (χ1v) is 6.53. The van der Waals surface area contributed by atoms with Crippen LogP contribution >= 0.6 is 0 Å². The van der Waals surface area contributed by atoms with Crippen LogP contribution in [-0.2, 0) is 4.79 Å². The van der Waals surface area contributed by atoms with Crippen LogP contribution in [0.4, 0.5) is 4.39 Å². The largest absolute Gasteiger partial charge is 0.481 e. The number of nitriles is 1. The standard InChI is InChI=1S/C17H14FNO2/c18-14-8-6-13(7-9-14)16(11-19)15(10-17(20)21)12-4-2-1-3-5-12/h1-9,15-16H,10H2,(H,20,21). The lowest BCUT2D eigenvalue weighted by Gasteiger charge is -2.21. The van der Waals surface area contributed by atoms with Crippen molar-refractivity contribution in [2.45, 2.75) is 18.3 Å². The van der Waals surface area contributed by atoms with Gasteiger partial charge in [-0.25, -0.2) is 4.39 Å². The Bertz CT molecular complexity index is 647. The molecule has 2 rings (SSSR count). The minimum Gasteiger partial charge on any atom is -0.481 e. The fourth-order valence-electron chi connectivity index (χ4n) is 2.38. The van der Waals surface area contributed by atoms with Crippen molar-refractivity contribution in [3.63, 3.8) is 0 Å². The zero-order chi connectivity index (χ0) is 15.2. The van der Waals surface area contributed by atoms with Gasteiger partial charge in [-0.1, -0.05) is 42.5 Å². The summed E-state index contributed by atoms with van der Waals surface area (Å²) in [5.41, 5.74) is 1.41. The Hall–Kier alpha value is -2.67. The fourth-order valence-corrected chi connectivity index (χ4v) is 2.38. The highest BCUT2D eigenvalue weighted by atomic mass is 19.1. The second kappa shape index (κ2) is 6.67. The van der Waals surface area contributed by atoms with Crippen molar-refractivity contribution in [3.05, 3.63) is 71.5 Å². The number of carboxylic acid groups (broad SMARTS) is 1. The number of nitrogens with zero attached hydrogens (tertiary/aromatic N) is 1. The van der Waals surface area contributed by atoms with E-state index in [2.05, 4.69) is 6.07 Å². The molecule has 0 saturated heterocycles. The molecule has 0 spiro atoms. The Balaban J connectivity index is 2.40. The molecule has 0 bridgehead atoms. The van der Waals surface area contributed by atoms with Crippen molar-refractivity contribution in [1.82, 2.24) is 0 Å². The highest BCUT2D eigenvalue weighted by Gasteiger charge is 2.27. The van der Waals surface area contributed by atoms with Gasteiger partial charge in [0.15, 0.2) is 0 Å². The summed E-state index contributed by atoms with van der Waals surface area (Å²) in [6.07, 6.45) is -0.153. The molecule has 4 heteroatoms. The molecule has 2 atom stereocenters. The molecular formula is C17H14FNO2. The molecule has 0 aliphatic rings. The number of hydrogen-bond donors (Lipinski definition) is 1. The fraction of sp³-hybridized carbons (Fsp3) is 0.176. The van der Waals surface area contributed by atoms with Crippen molar-refractivity contribution < 1.29 is 14.3 Å². The van der Waals surface area contributed by atoms with Crippen LogP contribution in [0.15, 0.2) is 54.6 Å². The van der Waals surface area contributed by atoms with Gasteiger partial charge in [0.25, 0.3) is 0 Å². The van der Waals surface area contributed by atoms with Gasteiger partial charge in [-0.3, -0.25) is 4.79 Å². The average molecular weight is 283 g/mol. The average Bonchev–Trinajstić information content (AvgIpc) is 2.49. The van der Waals surface area contributed by atoms with Crippen LogP contribution in [0.3, 0.4) is 0 Å². The normalized spacial score (nSPS) is 13.1. The molecule has 2 aromatic rings.